The Kier molecular flexibility index (Phi) is 3.18. The third-order valence-electron chi connectivity index (χ3n) is 1.94. The maximum absolute atomic E-state index is 12.6. The molecule has 1 aromatic heterocycles. The van der Waals surface area contributed by atoms with Crippen molar-refractivity contribution >= 4 is 21.5 Å². The Morgan fingerprint density at radius 3 is 2.41 bits per heavy atom. The summed E-state index contributed by atoms with van der Waals surface area (Å²) in [6.07, 6.45) is 0.341. The van der Waals surface area contributed by atoms with Gasteiger partial charge in [0.15, 0.2) is 0 Å². The monoisotopic (exact) mass is 274 g/mol. The summed E-state index contributed by atoms with van der Waals surface area (Å²) < 4.78 is 42.5. The second-order valence-corrected chi connectivity index (χ2v) is 5.90. The molecule has 1 heterocycles. The van der Waals surface area contributed by atoms with Crippen molar-refractivity contribution in [3.05, 3.63) is 40.7 Å². The Morgan fingerprint density at radius 2 is 1.88 bits per heavy atom. The third kappa shape index (κ3) is 3.05. The largest absolute Gasteiger partial charge is 0.324 e. The smallest absolute Gasteiger partial charge is 0.280 e. The first-order valence-corrected chi connectivity index (χ1v) is 6.75. The summed E-state index contributed by atoms with van der Waals surface area (Å²) in [6.45, 7) is 0. The summed E-state index contributed by atoms with van der Waals surface area (Å²) in [7, 11) is -4.30. The van der Waals surface area contributed by atoms with Gasteiger partial charge in [0, 0.05) is 6.42 Å². The number of hydrogen-bond donors (Lipinski definition) is 1. The first-order valence-electron chi connectivity index (χ1n) is 4.49. The van der Waals surface area contributed by atoms with E-state index in [1.807, 2.05) is 0 Å². The van der Waals surface area contributed by atoms with Crippen LogP contribution in [-0.2, 0) is 16.5 Å². The molecular weight excluding hydrogens is 267 g/mol. The molecule has 0 fully saturated rings. The van der Waals surface area contributed by atoms with Crippen LogP contribution in [-0.4, -0.2) is 23.2 Å². The fourth-order valence-corrected chi connectivity index (χ4v) is 2.65. The standard InChI is InChI=1S/C9H7FN2O3S2/c10-7-3-1-6(2-4-7)5-8-11-12-9(16-8)17(13,14)15/h1-4H,5H2,(H,13,14,15). The van der Waals surface area contributed by atoms with Crippen molar-refractivity contribution in [3.63, 3.8) is 0 Å². The average molecular weight is 274 g/mol. The van der Waals surface area contributed by atoms with Crippen LogP contribution in [0, 0.1) is 5.82 Å². The van der Waals surface area contributed by atoms with Gasteiger partial charge in [-0.15, -0.1) is 10.2 Å². The van der Waals surface area contributed by atoms with E-state index >= 15 is 0 Å². The summed E-state index contributed by atoms with van der Waals surface area (Å²) in [5.41, 5.74) is 0.782. The number of hydrogen-bond acceptors (Lipinski definition) is 5. The van der Waals surface area contributed by atoms with Gasteiger partial charge in [0.25, 0.3) is 4.34 Å². The predicted molar refractivity (Wildman–Crippen MR) is 58.9 cm³/mol. The molecule has 0 aliphatic heterocycles. The van der Waals surface area contributed by atoms with E-state index in [0.717, 1.165) is 16.9 Å². The van der Waals surface area contributed by atoms with E-state index in [9.17, 15) is 12.8 Å². The molecule has 2 rings (SSSR count). The lowest BCUT2D eigenvalue weighted by atomic mass is 10.2. The quantitative estimate of drug-likeness (QED) is 0.858. The zero-order valence-corrected chi connectivity index (χ0v) is 10.0. The van der Waals surface area contributed by atoms with Crippen LogP contribution in [0.25, 0.3) is 0 Å². The van der Waals surface area contributed by atoms with Crippen LogP contribution >= 0.6 is 11.3 Å². The van der Waals surface area contributed by atoms with Crippen LogP contribution < -0.4 is 0 Å². The van der Waals surface area contributed by atoms with Crippen molar-refractivity contribution in [2.75, 3.05) is 0 Å². The number of benzene rings is 1. The molecule has 5 nitrogen and oxygen atoms in total. The number of halogens is 1. The van der Waals surface area contributed by atoms with E-state index < -0.39 is 14.5 Å². The second kappa shape index (κ2) is 4.47. The van der Waals surface area contributed by atoms with Gasteiger partial charge in [-0.2, -0.15) is 8.42 Å². The highest BCUT2D eigenvalue weighted by atomic mass is 32.3. The molecule has 0 amide bonds. The first kappa shape index (κ1) is 12.1. The van der Waals surface area contributed by atoms with Gasteiger partial charge < -0.3 is 0 Å². The van der Waals surface area contributed by atoms with Gasteiger partial charge in [-0.3, -0.25) is 4.55 Å². The van der Waals surface area contributed by atoms with Crippen LogP contribution in [0.15, 0.2) is 28.6 Å². The highest BCUT2D eigenvalue weighted by molar-refractivity contribution is 7.87. The van der Waals surface area contributed by atoms with Crippen LogP contribution in [0.5, 0.6) is 0 Å². The zero-order valence-electron chi connectivity index (χ0n) is 8.37. The molecular formula is C9H7FN2O3S2. The molecule has 1 aromatic carbocycles. The minimum Gasteiger partial charge on any atom is -0.280 e. The molecule has 0 spiro atoms. The van der Waals surface area contributed by atoms with E-state index in [4.69, 9.17) is 4.55 Å². The molecule has 0 saturated heterocycles. The van der Waals surface area contributed by atoms with Crippen molar-refractivity contribution in [2.45, 2.75) is 10.8 Å². The zero-order chi connectivity index (χ0) is 12.5. The minimum absolute atomic E-state index is 0.341. The Labute approximate surface area is 101 Å². The lowest BCUT2D eigenvalue weighted by molar-refractivity contribution is 0.481. The molecule has 1 N–H and O–H groups in total. The second-order valence-electron chi connectivity index (χ2n) is 3.24. The van der Waals surface area contributed by atoms with Crippen molar-refractivity contribution in [2.24, 2.45) is 0 Å². The van der Waals surface area contributed by atoms with Crippen LogP contribution in [0.1, 0.15) is 10.6 Å². The van der Waals surface area contributed by atoms with Gasteiger partial charge in [0.05, 0.1) is 0 Å². The van der Waals surface area contributed by atoms with Crippen LogP contribution in [0.2, 0.25) is 0 Å². The van der Waals surface area contributed by atoms with Crippen molar-refractivity contribution in [1.82, 2.24) is 10.2 Å². The molecule has 0 radical (unpaired) electrons. The molecule has 0 aliphatic carbocycles. The fourth-order valence-electron chi connectivity index (χ4n) is 1.19. The fraction of sp³-hybridized carbons (Fsp3) is 0.111. The molecule has 0 saturated carbocycles. The molecule has 2 aromatic rings. The number of aromatic nitrogens is 2. The van der Waals surface area contributed by atoms with Crippen molar-refractivity contribution in [1.29, 1.82) is 0 Å². The molecule has 0 unspecified atom stereocenters. The molecule has 17 heavy (non-hydrogen) atoms. The maximum Gasteiger partial charge on any atom is 0.324 e. The highest BCUT2D eigenvalue weighted by Crippen LogP contribution is 2.18. The summed E-state index contributed by atoms with van der Waals surface area (Å²) in [5, 5.41) is 7.43. The van der Waals surface area contributed by atoms with Gasteiger partial charge in [-0.25, -0.2) is 4.39 Å². The van der Waals surface area contributed by atoms with Gasteiger partial charge in [0.2, 0.25) is 0 Å². The third-order valence-corrected chi connectivity index (χ3v) is 4.06. The Hall–Kier alpha value is -1.38. The molecule has 8 heteroatoms. The topological polar surface area (TPSA) is 80.2 Å². The van der Waals surface area contributed by atoms with Gasteiger partial charge in [-0.05, 0) is 17.7 Å². The van der Waals surface area contributed by atoms with Crippen LogP contribution in [0.4, 0.5) is 4.39 Å². The maximum atomic E-state index is 12.6. The van der Waals surface area contributed by atoms with Gasteiger partial charge in [0.1, 0.15) is 10.8 Å². The highest BCUT2D eigenvalue weighted by Gasteiger charge is 2.16. The summed E-state index contributed by atoms with van der Waals surface area (Å²) >= 11 is 0.785. The Morgan fingerprint density at radius 1 is 1.24 bits per heavy atom. The van der Waals surface area contributed by atoms with E-state index in [0.29, 0.717) is 11.4 Å². The summed E-state index contributed by atoms with van der Waals surface area (Å²) in [6, 6.07) is 5.76. The molecule has 90 valence electrons. The predicted octanol–water partition coefficient (Wildman–Crippen LogP) is 1.51. The minimum atomic E-state index is -4.30. The number of nitrogens with zero attached hydrogens (tertiary/aromatic N) is 2. The molecule has 0 aliphatic rings. The van der Waals surface area contributed by atoms with Gasteiger partial charge in [-0.1, -0.05) is 23.5 Å². The lowest BCUT2D eigenvalue weighted by Gasteiger charge is -1.96. The molecule has 0 bridgehead atoms. The van der Waals surface area contributed by atoms with Crippen LogP contribution in [0.3, 0.4) is 0 Å². The van der Waals surface area contributed by atoms with E-state index in [-0.39, 0.29) is 5.82 Å². The number of rotatable bonds is 3. The van der Waals surface area contributed by atoms with Crippen molar-refractivity contribution < 1.29 is 17.4 Å². The van der Waals surface area contributed by atoms with Crippen molar-refractivity contribution in [3.8, 4) is 0 Å². The summed E-state index contributed by atoms with van der Waals surface area (Å²) in [4.78, 5) is 0. The Balaban J connectivity index is 2.20. The lowest BCUT2D eigenvalue weighted by Crippen LogP contribution is -1.96. The van der Waals surface area contributed by atoms with E-state index in [1.54, 1.807) is 12.1 Å². The molecule has 0 atom stereocenters. The first-order chi connectivity index (χ1) is 7.95. The average Bonchev–Trinajstić information content (AvgIpc) is 2.69. The summed E-state index contributed by atoms with van der Waals surface area (Å²) in [5.74, 6) is -0.343. The van der Waals surface area contributed by atoms with E-state index in [1.165, 1.54) is 12.1 Å². The normalized spacial score (nSPS) is 11.6. The SMILES string of the molecule is O=S(=O)(O)c1nnc(Cc2ccc(F)cc2)s1. The van der Waals surface area contributed by atoms with Gasteiger partial charge >= 0.3 is 10.1 Å². The Bertz CT molecular complexity index is 622. The van der Waals surface area contributed by atoms with E-state index in [2.05, 4.69) is 10.2 Å².